The van der Waals surface area contributed by atoms with Crippen LogP contribution in [0.1, 0.15) is 12.5 Å². The molecule has 1 aromatic rings. The zero-order valence-corrected chi connectivity index (χ0v) is 10.1. The molecule has 17 heavy (non-hydrogen) atoms. The van der Waals surface area contributed by atoms with E-state index in [-0.39, 0.29) is 11.5 Å². The summed E-state index contributed by atoms with van der Waals surface area (Å²) in [6.07, 6.45) is 3.09. The summed E-state index contributed by atoms with van der Waals surface area (Å²) in [4.78, 5) is 10.6. The predicted octanol–water partition coefficient (Wildman–Crippen LogP) is 0.910. The first-order valence-electron chi connectivity index (χ1n) is 4.83. The Morgan fingerprint density at radius 2 is 2.06 bits per heavy atom. The van der Waals surface area contributed by atoms with Crippen molar-refractivity contribution in [3.63, 3.8) is 0 Å². The molecule has 0 aliphatic carbocycles. The highest BCUT2D eigenvalue weighted by Crippen LogP contribution is 2.14. The van der Waals surface area contributed by atoms with Crippen LogP contribution >= 0.6 is 0 Å². The van der Waals surface area contributed by atoms with E-state index in [1.54, 1.807) is 30.4 Å². The molecule has 2 N–H and O–H groups in total. The van der Waals surface area contributed by atoms with Gasteiger partial charge in [-0.3, -0.25) is 4.79 Å². The monoisotopic (exact) mass is 255 g/mol. The number of esters is 1. The second kappa shape index (κ2) is 5.60. The number of ether oxygens (including phenoxy) is 1. The van der Waals surface area contributed by atoms with E-state index in [9.17, 15) is 13.2 Å². The smallest absolute Gasteiger partial charge is 0.302 e. The van der Waals surface area contributed by atoms with Crippen molar-refractivity contribution in [1.82, 2.24) is 0 Å². The molecule has 92 valence electrons. The topological polar surface area (TPSA) is 86.5 Å². The van der Waals surface area contributed by atoms with Crippen molar-refractivity contribution in [3.8, 4) is 0 Å². The second-order valence-electron chi connectivity index (χ2n) is 3.29. The molecule has 0 fully saturated rings. The van der Waals surface area contributed by atoms with E-state index >= 15 is 0 Å². The van der Waals surface area contributed by atoms with E-state index in [0.717, 1.165) is 0 Å². The van der Waals surface area contributed by atoms with Crippen LogP contribution in [0.15, 0.2) is 35.2 Å². The van der Waals surface area contributed by atoms with Gasteiger partial charge in [-0.25, -0.2) is 13.6 Å². The van der Waals surface area contributed by atoms with Crippen molar-refractivity contribution in [1.29, 1.82) is 0 Å². The average molecular weight is 255 g/mol. The van der Waals surface area contributed by atoms with Crippen molar-refractivity contribution >= 4 is 22.1 Å². The molecular weight excluding hydrogens is 242 g/mol. The Balaban J connectivity index is 2.88. The van der Waals surface area contributed by atoms with E-state index in [2.05, 4.69) is 4.74 Å². The van der Waals surface area contributed by atoms with E-state index in [1.165, 1.54) is 13.0 Å². The Morgan fingerprint density at radius 1 is 1.41 bits per heavy atom. The molecule has 0 bridgehead atoms. The third-order valence-corrected chi connectivity index (χ3v) is 2.89. The van der Waals surface area contributed by atoms with Gasteiger partial charge in [0, 0.05) is 6.92 Å². The second-order valence-corrected chi connectivity index (χ2v) is 4.82. The third kappa shape index (κ3) is 4.38. The number of hydrogen-bond acceptors (Lipinski definition) is 4. The van der Waals surface area contributed by atoms with E-state index < -0.39 is 16.0 Å². The van der Waals surface area contributed by atoms with Gasteiger partial charge in [0.2, 0.25) is 10.0 Å². The number of carbonyl (C=O) groups excluding carboxylic acids is 1. The highest BCUT2D eigenvalue weighted by molar-refractivity contribution is 7.89. The molecule has 0 aliphatic heterocycles. The van der Waals surface area contributed by atoms with Crippen LogP contribution < -0.4 is 5.14 Å². The number of sulfonamides is 1. The lowest BCUT2D eigenvalue weighted by atomic mass is 10.2. The van der Waals surface area contributed by atoms with Crippen LogP contribution in [0.4, 0.5) is 0 Å². The Hall–Kier alpha value is -1.66. The lowest BCUT2D eigenvalue weighted by Crippen LogP contribution is -2.13. The van der Waals surface area contributed by atoms with Crippen molar-refractivity contribution in [3.05, 3.63) is 35.9 Å². The number of hydrogen-bond donors (Lipinski definition) is 1. The quantitative estimate of drug-likeness (QED) is 0.810. The van der Waals surface area contributed by atoms with E-state index in [1.807, 2.05) is 0 Å². The van der Waals surface area contributed by atoms with Crippen LogP contribution in [0.3, 0.4) is 0 Å². The molecule has 0 unspecified atom stereocenters. The Kier molecular flexibility index (Phi) is 4.42. The maximum atomic E-state index is 11.3. The summed E-state index contributed by atoms with van der Waals surface area (Å²) >= 11 is 0. The van der Waals surface area contributed by atoms with Gasteiger partial charge < -0.3 is 4.74 Å². The number of primary sulfonamides is 1. The van der Waals surface area contributed by atoms with Gasteiger partial charge in [0.15, 0.2) is 0 Å². The standard InChI is InChI=1S/C11H13NO4S/c1-9(13)16-8-4-6-10-5-2-3-7-11(10)17(12,14)15/h2-7H,8H2,1H3,(H2,12,14,15)/b6-4+. The van der Waals surface area contributed by atoms with Crippen LogP contribution in [0.5, 0.6) is 0 Å². The molecular formula is C11H13NO4S. The number of nitrogens with two attached hydrogens (primary N) is 1. The minimum Gasteiger partial charge on any atom is -0.462 e. The Morgan fingerprint density at radius 3 is 2.65 bits per heavy atom. The van der Waals surface area contributed by atoms with Crippen LogP contribution in [0.25, 0.3) is 6.08 Å². The van der Waals surface area contributed by atoms with Gasteiger partial charge in [0.05, 0.1) is 4.90 Å². The van der Waals surface area contributed by atoms with E-state index in [0.29, 0.717) is 5.56 Å². The molecule has 0 saturated heterocycles. The van der Waals surface area contributed by atoms with E-state index in [4.69, 9.17) is 5.14 Å². The summed E-state index contributed by atoms with van der Waals surface area (Å²) in [6.45, 7) is 1.39. The minimum atomic E-state index is -3.75. The van der Waals surface area contributed by atoms with Crippen molar-refractivity contribution in [2.24, 2.45) is 5.14 Å². The molecule has 0 atom stereocenters. The van der Waals surface area contributed by atoms with Crippen molar-refractivity contribution in [2.75, 3.05) is 6.61 Å². The molecule has 1 aromatic carbocycles. The lowest BCUT2D eigenvalue weighted by Gasteiger charge is -2.02. The highest BCUT2D eigenvalue weighted by atomic mass is 32.2. The summed E-state index contributed by atoms with van der Waals surface area (Å²) in [7, 11) is -3.75. The predicted molar refractivity (Wildman–Crippen MR) is 63.5 cm³/mol. The minimum absolute atomic E-state index is 0.0408. The normalized spacial score (nSPS) is 11.6. The molecule has 0 spiro atoms. The third-order valence-electron chi connectivity index (χ3n) is 1.91. The first kappa shape index (κ1) is 13.4. The summed E-state index contributed by atoms with van der Waals surface area (Å²) in [5, 5.41) is 5.06. The molecule has 0 radical (unpaired) electrons. The summed E-state index contributed by atoms with van der Waals surface area (Å²) in [5.41, 5.74) is 0.460. The average Bonchev–Trinajstić information content (AvgIpc) is 2.23. The summed E-state index contributed by atoms with van der Waals surface area (Å²) in [6, 6.07) is 6.31. The maximum Gasteiger partial charge on any atom is 0.302 e. The van der Waals surface area contributed by atoms with Gasteiger partial charge in [0.1, 0.15) is 6.61 Å². The zero-order valence-electron chi connectivity index (χ0n) is 9.29. The van der Waals surface area contributed by atoms with Crippen molar-refractivity contribution in [2.45, 2.75) is 11.8 Å². The zero-order chi connectivity index (χ0) is 12.9. The molecule has 0 saturated carbocycles. The fraction of sp³-hybridized carbons (Fsp3) is 0.182. The largest absolute Gasteiger partial charge is 0.462 e. The van der Waals surface area contributed by atoms with Crippen LogP contribution in [-0.4, -0.2) is 21.0 Å². The molecule has 0 aliphatic rings. The van der Waals surface area contributed by atoms with Gasteiger partial charge in [-0.2, -0.15) is 0 Å². The number of carbonyl (C=O) groups is 1. The molecule has 1 rings (SSSR count). The van der Waals surface area contributed by atoms with Gasteiger partial charge in [-0.15, -0.1) is 0 Å². The Bertz CT molecular complexity index is 534. The fourth-order valence-electron chi connectivity index (χ4n) is 1.22. The lowest BCUT2D eigenvalue weighted by molar-refractivity contribution is -0.139. The molecule has 0 aromatic heterocycles. The Labute approximate surface area is 99.9 Å². The molecule has 5 nitrogen and oxygen atoms in total. The van der Waals surface area contributed by atoms with Gasteiger partial charge in [-0.05, 0) is 17.7 Å². The van der Waals surface area contributed by atoms with Gasteiger partial charge in [-0.1, -0.05) is 24.3 Å². The summed E-state index contributed by atoms with van der Waals surface area (Å²) < 4.78 is 27.2. The van der Waals surface area contributed by atoms with Crippen molar-refractivity contribution < 1.29 is 17.9 Å². The van der Waals surface area contributed by atoms with Crippen LogP contribution in [0, 0.1) is 0 Å². The van der Waals surface area contributed by atoms with Crippen LogP contribution in [-0.2, 0) is 19.6 Å². The van der Waals surface area contributed by atoms with Crippen LogP contribution in [0.2, 0.25) is 0 Å². The van der Waals surface area contributed by atoms with Gasteiger partial charge >= 0.3 is 5.97 Å². The fourth-order valence-corrected chi connectivity index (χ4v) is 1.95. The number of benzene rings is 1. The first-order chi connectivity index (χ1) is 7.91. The SMILES string of the molecule is CC(=O)OC/C=C/c1ccccc1S(N)(=O)=O. The molecule has 0 heterocycles. The molecule has 0 amide bonds. The summed E-state index contributed by atoms with van der Waals surface area (Å²) in [5.74, 6) is -0.394. The molecule has 6 heteroatoms. The number of rotatable bonds is 4. The van der Waals surface area contributed by atoms with Gasteiger partial charge in [0.25, 0.3) is 0 Å². The highest BCUT2D eigenvalue weighted by Gasteiger charge is 2.10. The maximum absolute atomic E-state index is 11.3. The first-order valence-corrected chi connectivity index (χ1v) is 6.37.